The van der Waals surface area contributed by atoms with E-state index in [-0.39, 0.29) is 12.6 Å². The molecule has 6 nitrogen and oxygen atoms in total. The van der Waals surface area contributed by atoms with E-state index in [0.717, 1.165) is 31.4 Å². The minimum Gasteiger partial charge on any atom is -0.394 e. The van der Waals surface area contributed by atoms with Gasteiger partial charge in [-0.3, -0.25) is 0 Å². The molecule has 3 N–H and O–H groups in total. The normalized spacial score (nSPS) is 16.4. The van der Waals surface area contributed by atoms with E-state index in [1.807, 2.05) is 36.5 Å². The van der Waals surface area contributed by atoms with Crippen LogP contribution in [0.15, 0.2) is 42.7 Å². The minimum absolute atomic E-state index is 0.0152. The molecule has 1 saturated carbocycles. The number of aliphatic hydroxyl groups is 1. The zero-order chi connectivity index (χ0) is 15.4. The first kappa shape index (κ1) is 14.6. The molecule has 116 valence electrons. The Labute approximate surface area is 129 Å². The molecule has 1 aliphatic rings. The summed E-state index contributed by atoms with van der Waals surface area (Å²) in [7, 11) is 0. The Balaban J connectivity index is 1.62. The summed E-state index contributed by atoms with van der Waals surface area (Å²) in [6.45, 7) is -0.0152. The fourth-order valence-electron chi connectivity index (χ4n) is 2.90. The van der Waals surface area contributed by atoms with Crippen LogP contribution < -0.4 is 10.6 Å². The predicted molar refractivity (Wildman–Crippen MR) is 84.0 cm³/mol. The highest BCUT2D eigenvalue weighted by atomic mass is 16.3. The molecule has 0 radical (unpaired) electrons. The monoisotopic (exact) mass is 300 g/mol. The van der Waals surface area contributed by atoms with Gasteiger partial charge < -0.3 is 15.7 Å². The second kappa shape index (κ2) is 6.19. The molecule has 0 unspecified atom stereocenters. The fraction of sp³-hybridized carbons (Fsp3) is 0.375. The molecule has 6 heteroatoms. The van der Waals surface area contributed by atoms with E-state index in [9.17, 15) is 9.90 Å². The molecule has 2 aromatic rings. The maximum Gasteiger partial charge on any atom is 0.319 e. The largest absolute Gasteiger partial charge is 0.394 e. The van der Waals surface area contributed by atoms with E-state index in [0.29, 0.717) is 5.69 Å². The van der Waals surface area contributed by atoms with Crippen LogP contribution in [0.5, 0.6) is 0 Å². The molecule has 1 fully saturated rings. The smallest absolute Gasteiger partial charge is 0.319 e. The molecule has 0 aliphatic heterocycles. The van der Waals surface area contributed by atoms with Crippen molar-refractivity contribution in [3.63, 3.8) is 0 Å². The highest BCUT2D eigenvalue weighted by molar-refractivity contribution is 5.89. The molecule has 0 saturated heterocycles. The molecule has 2 amide bonds. The molecule has 1 aromatic carbocycles. The van der Waals surface area contributed by atoms with Gasteiger partial charge in [0.25, 0.3) is 0 Å². The van der Waals surface area contributed by atoms with E-state index in [2.05, 4.69) is 15.7 Å². The van der Waals surface area contributed by atoms with Gasteiger partial charge in [-0.2, -0.15) is 5.10 Å². The first-order chi connectivity index (χ1) is 10.7. The summed E-state index contributed by atoms with van der Waals surface area (Å²) in [5.74, 6) is 0. The van der Waals surface area contributed by atoms with Crippen molar-refractivity contribution in [2.24, 2.45) is 0 Å². The van der Waals surface area contributed by atoms with Gasteiger partial charge >= 0.3 is 6.03 Å². The van der Waals surface area contributed by atoms with Crippen LogP contribution in [0, 0.1) is 0 Å². The van der Waals surface area contributed by atoms with Gasteiger partial charge in [0, 0.05) is 18.1 Å². The lowest BCUT2D eigenvalue weighted by Gasteiger charge is -2.27. The van der Waals surface area contributed by atoms with Crippen LogP contribution in [-0.4, -0.2) is 33.1 Å². The van der Waals surface area contributed by atoms with Crippen molar-refractivity contribution >= 4 is 11.7 Å². The van der Waals surface area contributed by atoms with Gasteiger partial charge in [0.05, 0.1) is 17.8 Å². The summed E-state index contributed by atoms with van der Waals surface area (Å²) >= 11 is 0. The molecule has 0 spiro atoms. The molecular formula is C16H20N4O2. The zero-order valence-electron chi connectivity index (χ0n) is 12.3. The van der Waals surface area contributed by atoms with Crippen LogP contribution in [0.1, 0.15) is 25.7 Å². The van der Waals surface area contributed by atoms with Crippen molar-refractivity contribution < 1.29 is 9.90 Å². The number of hydrogen-bond donors (Lipinski definition) is 3. The number of benzene rings is 1. The molecule has 22 heavy (non-hydrogen) atoms. The minimum atomic E-state index is -0.459. The number of amides is 2. The van der Waals surface area contributed by atoms with Gasteiger partial charge in [-0.05, 0) is 43.2 Å². The molecule has 1 heterocycles. The zero-order valence-corrected chi connectivity index (χ0v) is 12.3. The number of nitrogens with zero attached hydrogens (tertiary/aromatic N) is 2. The maximum absolute atomic E-state index is 12.1. The molecular weight excluding hydrogens is 280 g/mol. The van der Waals surface area contributed by atoms with Crippen LogP contribution in [0.3, 0.4) is 0 Å². The van der Waals surface area contributed by atoms with Crippen molar-refractivity contribution in [2.75, 3.05) is 11.9 Å². The highest BCUT2D eigenvalue weighted by Gasteiger charge is 2.34. The first-order valence-corrected chi connectivity index (χ1v) is 7.51. The van der Waals surface area contributed by atoms with E-state index in [1.165, 1.54) is 0 Å². The Bertz CT molecular complexity index is 616. The molecule has 1 aromatic heterocycles. The third-order valence-corrected chi connectivity index (χ3v) is 4.14. The SMILES string of the molecule is O=C(Nc1ccc(-n2cccn2)cc1)NC1(CO)CCCC1. The number of aliphatic hydroxyl groups excluding tert-OH is 1. The summed E-state index contributed by atoms with van der Waals surface area (Å²) in [6, 6.07) is 9.02. The van der Waals surface area contributed by atoms with Gasteiger partial charge in [0.1, 0.15) is 0 Å². The van der Waals surface area contributed by atoms with E-state index in [1.54, 1.807) is 10.9 Å². The van der Waals surface area contributed by atoms with Gasteiger partial charge in [0.15, 0.2) is 0 Å². The van der Waals surface area contributed by atoms with Crippen LogP contribution in [-0.2, 0) is 0 Å². The Hall–Kier alpha value is -2.34. The average molecular weight is 300 g/mol. The molecule has 0 atom stereocenters. The quantitative estimate of drug-likeness (QED) is 0.810. The van der Waals surface area contributed by atoms with Gasteiger partial charge in [-0.15, -0.1) is 0 Å². The van der Waals surface area contributed by atoms with Crippen molar-refractivity contribution in [1.82, 2.24) is 15.1 Å². The van der Waals surface area contributed by atoms with Crippen molar-refractivity contribution in [3.05, 3.63) is 42.7 Å². The molecule has 3 rings (SSSR count). The number of anilines is 1. The number of carbonyl (C=O) groups is 1. The lowest BCUT2D eigenvalue weighted by molar-refractivity contribution is 0.167. The summed E-state index contributed by atoms with van der Waals surface area (Å²) in [5, 5.41) is 19.4. The average Bonchev–Trinajstić information content (AvgIpc) is 3.20. The van der Waals surface area contributed by atoms with E-state index < -0.39 is 5.54 Å². The first-order valence-electron chi connectivity index (χ1n) is 7.51. The second-order valence-electron chi connectivity index (χ2n) is 5.72. The van der Waals surface area contributed by atoms with E-state index in [4.69, 9.17) is 0 Å². The molecule has 1 aliphatic carbocycles. The van der Waals surface area contributed by atoms with Crippen LogP contribution in [0.2, 0.25) is 0 Å². The van der Waals surface area contributed by atoms with Crippen molar-refractivity contribution in [3.8, 4) is 5.69 Å². The maximum atomic E-state index is 12.1. The Morgan fingerprint density at radius 3 is 2.59 bits per heavy atom. The van der Waals surface area contributed by atoms with Gasteiger partial charge in [0.2, 0.25) is 0 Å². The summed E-state index contributed by atoms with van der Waals surface area (Å²) in [5.41, 5.74) is 1.18. The topological polar surface area (TPSA) is 79.2 Å². The Morgan fingerprint density at radius 1 is 1.27 bits per heavy atom. The Kier molecular flexibility index (Phi) is 4.11. The predicted octanol–water partition coefficient (Wildman–Crippen LogP) is 2.30. The van der Waals surface area contributed by atoms with Crippen LogP contribution in [0.25, 0.3) is 5.69 Å². The number of urea groups is 1. The summed E-state index contributed by atoms with van der Waals surface area (Å²) in [4.78, 5) is 12.1. The van der Waals surface area contributed by atoms with Crippen molar-refractivity contribution in [1.29, 1.82) is 0 Å². The second-order valence-corrected chi connectivity index (χ2v) is 5.72. The number of hydrogen-bond acceptors (Lipinski definition) is 3. The van der Waals surface area contributed by atoms with E-state index >= 15 is 0 Å². The van der Waals surface area contributed by atoms with Crippen molar-refractivity contribution in [2.45, 2.75) is 31.2 Å². The summed E-state index contributed by atoms with van der Waals surface area (Å²) < 4.78 is 1.75. The fourth-order valence-corrected chi connectivity index (χ4v) is 2.90. The standard InChI is InChI=1S/C16H20N4O2/c21-12-16(8-1-2-9-16)19-15(22)18-13-4-6-14(7-5-13)20-11-3-10-17-20/h3-7,10-11,21H,1-2,8-9,12H2,(H2,18,19,22). The number of aromatic nitrogens is 2. The van der Waals surface area contributed by atoms with Gasteiger partial charge in [-0.25, -0.2) is 9.48 Å². The van der Waals surface area contributed by atoms with Crippen LogP contribution in [0.4, 0.5) is 10.5 Å². The number of nitrogens with one attached hydrogen (secondary N) is 2. The number of carbonyl (C=O) groups excluding carboxylic acids is 1. The number of rotatable bonds is 4. The van der Waals surface area contributed by atoms with Crippen LogP contribution >= 0.6 is 0 Å². The third kappa shape index (κ3) is 3.12. The summed E-state index contributed by atoms with van der Waals surface area (Å²) in [6.07, 6.45) is 7.32. The van der Waals surface area contributed by atoms with Gasteiger partial charge in [-0.1, -0.05) is 12.8 Å². The lowest BCUT2D eigenvalue weighted by Crippen LogP contribution is -2.50. The molecule has 0 bridgehead atoms. The lowest BCUT2D eigenvalue weighted by atomic mass is 9.99. The highest BCUT2D eigenvalue weighted by Crippen LogP contribution is 2.29. The Morgan fingerprint density at radius 2 is 2.00 bits per heavy atom. The third-order valence-electron chi connectivity index (χ3n) is 4.14.